The van der Waals surface area contributed by atoms with E-state index in [1.807, 2.05) is 29.2 Å². The Kier molecular flexibility index (Phi) is 6.73. The van der Waals surface area contributed by atoms with Gasteiger partial charge in [0.15, 0.2) is 5.71 Å². The Balaban J connectivity index is 1.33. The first-order chi connectivity index (χ1) is 19.7. The van der Waals surface area contributed by atoms with E-state index in [4.69, 9.17) is 0 Å². The highest BCUT2D eigenvalue weighted by molar-refractivity contribution is 6.53. The Hall–Kier alpha value is -4.66. The van der Waals surface area contributed by atoms with Crippen molar-refractivity contribution in [3.05, 3.63) is 107 Å². The summed E-state index contributed by atoms with van der Waals surface area (Å²) < 4.78 is 39.1. The number of alkyl halides is 3. The monoisotopic (exact) mass is 557 g/mol. The number of aliphatic carboxylic acids is 1. The first-order valence-electron chi connectivity index (χ1n) is 13.4. The van der Waals surface area contributed by atoms with E-state index < -0.39 is 23.6 Å². The Labute approximate surface area is 234 Å². The average molecular weight is 558 g/mol. The Morgan fingerprint density at radius 3 is 2.34 bits per heavy atom. The zero-order valence-corrected chi connectivity index (χ0v) is 22.0. The molecule has 2 heterocycles. The summed E-state index contributed by atoms with van der Waals surface area (Å²) in [6.45, 7) is 0.702. The van der Waals surface area contributed by atoms with E-state index in [0.717, 1.165) is 65.2 Å². The lowest BCUT2D eigenvalue weighted by atomic mass is 9.86. The average Bonchev–Trinajstić information content (AvgIpc) is 3.34. The van der Waals surface area contributed by atoms with Crippen LogP contribution in [0.25, 0.3) is 5.57 Å². The van der Waals surface area contributed by atoms with Crippen LogP contribution in [0.1, 0.15) is 42.4 Å². The van der Waals surface area contributed by atoms with Gasteiger partial charge in [0, 0.05) is 17.9 Å². The van der Waals surface area contributed by atoms with Crippen LogP contribution in [0, 0.1) is 0 Å². The lowest BCUT2D eigenvalue weighted by molar-refractivity contribution is -0.137. The van der Waals surface area contributed by atoms with Crippen LogP contribution in [0.2, 0.25) is 0 Å². The van der Waals surface area contributed by atoms with Crippen molar-refractivity contribution >= 4 is 40.2 Å². The van der Waals surface area contributed by atoms with Crippen molar-refractivity contribution in [3.8, 4) is 0 Å². The van der Waals surface area contributed by atoms with Gasteiger partial charge < -0.3 is 10.0 Å². The molecule has 3 aromatic rings. The largest absolute Gasteiger partial charge is 0.476 e. The molecule has 0 atom stereocenters. The maximum atomic E-state index is 13.4. The maximum Gasteiger partial charge on any atom is 0.416 e. The van der Waals surface area contributed by atoms with Crippen LogP contribution in [-0.4, -0.2) is 29.2 Å². The highest BCUT2D eigenvalue weighted by Gasteiger charge is 2.37. The van der Waals surface area contributed by atoms with Crippen molar-refractivity contribution in [2.45, 2.75) is 38.3 Å². The minimum Gasteiger partial charge on any atom is -0.476 e. The molecule has 1 N–H and O–H groups in total. The van der Waals surface area contributed by atoms with Crippen LogP contribution in [0.3, 0.4) is 0 Å². The molecule has 9 heteroatoms. The predicted molar refractivity (Wildman–Crippen MR) is 151 cm³/mol. The van der Waals surface area contributed by atoms with E-state index in [0.29, 0.717) is 29.9 Å². The standard InChI is InChI=1S/C32H26F3N3O3/c33-32(34,35)24-12-14-25(15-13-24)37-17-5-8-22-18-21(11-16-27(22)37)20-6-4-7-23(19-20)28-29(31(40)41)36-38(30(28)39)26-9-2-1-3-10-26/h1-3,9-16,18-19H,4-8,17H2,(H,40,41)/b28-23-. The van der Waals surface area contributed by atoms with Crippen molar-refractivity contribution in [3.63, 3.8) is 0 Å². The van der Waals surface area contributed by atoms with Crippen molar-refractivity contribution in [2.75, 3.05) is 16.5 Å². The molecular formula is C32H26F3N3O3. The van der Waals surface area contributed by atoms with Crippen LogP contribution >= 0.6 is 0 Å². The smallest absolute Gasteiger partial charge is 0.416 e. The number of carbonyl (C=O) groups is 2. The summed E-state index contributed by atoms with van der Waals surface area (Å²) in [5.41, 5.74) is 5.08. The predicted octanol–water partition coefficient (Wildman–Crippen LogP) is 7.14. The number of rotatable bonds is 4. The summed E-state index contributed by atoms with van der Waals surface area (Å²) in [6, 6.07) is 20.1. The SMILES string of the molecule is O=C(O)C1=NN(c2ccccc2)C(=O)/C1=C1\C=C(c2ccc3c(c2)CCCN3c2ccc(C(F)(F)F)cc2)CCC1. The number of para-hydroxylation sites is 1. The number of carboxylic acid groups (broad SMARTS) is 1. The second-order valence-corrected chi connectivity index (χ2v) is 10.3. The fourth-order valence-corrected chi connectivity index (χ4v) is 5.73. The summed E-state index contributed by atoms with van der Waals surface area (Å²) in [5, 5.41) is 15.2. The molecule has 1 amide bonds. The third-order valence-electron chi connectivity index (χ3n) is 7.68. The van der Waals surface area contributed by atoms with E-state index in [-0.39, 0.29) is 11.3 Å². The molecule has 0 spiro atoms. The van der Waals surface area contributed by atoms with Gasteiger partial charge in [0.2, 0.25) is 0 Å². The molecule has 208 valence electrons. The first-order valence-corrected chi connectivity index (χ1v) is 13.4. The number of hydrogen-bond acceptors (Lipinski definition) is 4. The number of fused-ring (bicyclic) bond motifs is 1. The zero-order chi connectivity index (χ0) is 28.7. The Morgan fingerprint density at radius 2 is 1.63 bits per heavy atom. The molecular weight excluding hydrogens is 531 g/mol. The first kappa shape index (κ1) is 26.6. The minimum absolute atomic E-state index is 0.116. The summed E-state index contributed by atoms with van der Waals surface area (Å²) in [5.74, 6) is -1.71. The highest BCUT2D eigenvalue weighted by Crippen LogP contribution is 2.39. The van der Waals surface area contributed by atoms with E-state index in [2.05, 4.69) is 11.2 Å². The number of benzene rings is 3. The number of hydrazone groups is 1. The van der Waals surface area contributed by atoms with Gasteiger partial charge in [0.05, 0.1) is 16.8 Å². The van der Waals surface area contributed by atoms with Crippen molar-refractivity contribution in [2.24, 2.45) is 5.10 Å². The number of carboxylic acids is 1. The third kappa shape index (κ3) is 5.03. The van der Waals surface area contributed by atoms with Crippen LogP contribution in [-0.2, 0) is 22.2 Å². The van der Waals surface area contributed by atoms with Crippen molar-refractivity contribution in [1.82, 2.24) is 0 Å². The molecule has 2 aliphatic heterocycles. The topological polar surface area (TPSA) is 73.2 Å². The number of anilines is 3. The maximum absolute atomic E-state index is 13.4. The Bertz CT molecular complexity index is 1620. The molecule has 3 aliphatic rings. The van der Waals surface area contributed by atoms with Gasteiger partial charge in [-0.1, -0.05) is 30.3 Å². The summed E-state index contributed by atoms with van der Waals surface area (Å²) in [6.07, 6.45) is 1.32. The van der Waals surface area contributed by atoms with E-state index in [1.54, 1.807) is 24.3 Å². The molecule has 0 unspecified atom stereocenters. The van der Waals surface area contributed by atoms with E-state index in [9.17, 15) is 27.9 Å². The second kappa shape index (κ2) is 10.4. The van der Waals surface area contributed by atoms with Crippen LogP contribution in [0.5, 0.6) is 0 Å². The summed E-state index contributed by atoms with van der Waals surface area (Å²) in [4.78, 5) is 27.5. The normalized spacial score (nSPS) is 19.1. The molecule has 0 aromatic heterocycles. The van der Waals surface area contributed by atoms with Crippen LogP contribution in [0.4, 0.5) is 30.2 Å². The van der Waals surface area contributed by atoms with Gasteiger partial charge in [0.1, 0.15) is 0 Å². The fraction of sp³-hybridized carbons (Fsp3) is 0.219. The molecule has 0 saturated heterocycles. The summed E-state index contributed by atoms with van der Waals surface area (Å²) in [7, 11) is 0. The fourth-order valence-electron chi connectivity index (χ4n) is 5.73. The molecule has 0 saturated carbocycles. The molecule has 41 heavy (non-hydrogen) atoms. The number of halogens is 3. The summed E-state index contributed by atoms with van der Waals surface area (Å²) >= 11 is 0. The van der Waals surface area contributed by atoms with Gasteiger partial charge in [-0.3, -0.25) is 4.79 Å². The van der Waals surface area contributed by atoms with Gasteiger partial charge in [0.25, 0.3) is 5.91 Å². The molecule has 6 nitrogen and oxygen atoms in total. The molecule has 0 radical (unpaired) electrons. The lowest BCUT2D eigenvalue weighted by Crippen LogP contribution is -2.24. The number of aryl methyl sites for hydroxylation is 1. The number of nitrogens with zero attached hydrogens (tertiary/aromatic N) is 3. The molecule has 0 fully saturated rings. The van der Waals surface area contributed by atoms with Gasteiger partial charge >= 0.3 is 12.1 Å². The van der Waals surface area contributed by atoms with E-state index >= 15 is 0 Å². The van der Waals surface area contributed by atoms with Crippen LogP contribution < -0.4 is 9.91 Å². The number of hydrogen-bond donors (Lipinski definition) is 1. The highest BCUT2D eigenvalue weighted by atomic mass is 19.4. The van der Waals surface area contributed by atoms with E-state index in [1.165, 1.54) is 12.1 Å². The number of carbonyl (C=O) groups excluding carboxylic acids is 1. The molecule has 0 bridgehead atoms. The quantitative estimate of drug-likeness (QED) is 0.346. The van der Waals surface area contributed by atoms with Gasteiger partial charge in [-0.05, 0) is 103 Å². The Morgan fingerprint density at radius 1 is 0.878 bits per heavy atom. The number of amides is 1. The van der Waals surface area contributed by atoms with Crippen LogP contribution in [0.15, 0.2) is 95.1 Å². The van der Waals surface area contributed by atoms with Gasteiger partial charge in [-0.2, -0.15) is 23.3 Å². The third-order valence-corrected chi connectivity index (χ3v) is 7.68. The second-order valence-electron chi connectivity index (χ2n) is 10.3. The molecule has 6 rings (SSSR count). The molecule has 3 aromatic carbocycles. The van der Waals surface area contributed by atoms with Gasteiger partial charge in [-0.25, -0.2) is 4.79 Å². The van der Waals surface area contributed by atoms with Crippen molar-refractivity contribution < 1.29 is 27.9 Å². The van der Waals surface area contributed by atoms with Crippen molar-refractivity contribution in [1.29, 1.82) is 0 Å². The minimum atomic E-state index is -4.38. The number of allylic oxidation sites excluding steroid dienone is 3. The zero-order valence-electron chi connectivity index (χ0n) is 22.0. The van der Waals surface area contributed by atoms with Gasteiger partial charge in [-0.15, -0.1) is 0 Å². The lowest BCUT2D eigenvalue weighted by Gasteiger charge is -2.32. The molecule has 1 aliphatic carbocycles.